The van der Waals surface area contributed by atoms with Gasteiger partial charge >= 0.3 is 0 Å². The van der Waals surface area contributed by atoms with Crippen LogP contribution in [0.15, 0.2) is 18.2 Å². The fraction of sp³-hybridized carbons (Fsp3) is 0.571. The number of nitrogens with two attached hydrogens (primary N) is 1. The maximum Gasteiger partial charge on any atom is 0.123 e. The number of nitrogen functional groups attached to an aromatic ring is 1. The van der Waals surface area contributed by atoms with E-state index in [-0.39, 0.29) is 0 Å². The van der Waals surface area contributed by atoms with Gasteiger partial charge in [-0.1, -0.05) is 13.8 Å². The molecule has 94 valence electrons. The van der Waals surface area contributed by atoms with Gasteiger partial charge in [0.05, 0.1) is 6.61 Å². The molecule has 17 heavy (non-hydrogen) atoms. The third-order valence-corrected chi connectivity index (χ3v) is 3.51. The molecule has 0 heterocycles. The SMILES string of the molecule is CCOc1cc(N)cc(NCC2CC2(C)C)c1. The molecule has 3 heteroatoms. The predicted octanol–water partition coefficient (Wildman–Crippen LogP) is 3.13. The van der Waals surface area contributed by atoms with Gasteiger partial charge in [-0.05, 0) is 30.7 Å². The zero-order chi connectivity index (χ0) is 12.5. The summed E-state index contributed by atoms with van der Waals surface area (Å²) in [5.74, 6) is 1.62. The molecule has 3 nitrogen and oxygen atoms in total. The molecule has 1 saturated carbocycles. The first kappa shape index (κ1) is 12.1. The van der Waals surface area contributed by atoms with Crippen LogP contribution in [0.1, 0.15) is 27.2 Å². The molecule has 0 saturated heterocycles. The predicted molar refractivity (Wildman–Crippen MR) is 72.4 cm³/mol. The Kier molecular flexibility index (Phi) is 3.18. The lowest BCUT2D eigenvalue weighted by molar-refractivity contribution is 0.340. The van der Waals surface area contributed by atoms with E-state index in [0.717, 1.165) is 29.6 Å². The Balaban J connectivity index is 1.96. The highest BCUT2D eigenvalue weighted by Gasteiger charge is 2.44. The molecule has 0 aromatic heterocycles. The molecule has 0 aliphatic heterocycles. The van der Waals surface area contributed by atoms with Crippen molar-refractivity contribution in [3.05, 3.63) is 18.2 Å². The summed E-state index contributed by atoms with van der Waals surface area (Å²) in [4.78, 5) is 0. The van der Waals surface area contributed by atoms with Gasteiger partial charge in [0.1, 0.15) is 5.75 Å². The normalized spacial score (nSPS) is 21.0. The Labute approximate surface area is 103 Å². The summed E-state index contributed by atoms with van der Waals surface area (Å²) in [5.41, 5.74) is 8.15. The summed E-state index contributed by atoms with van der Waals surface area (Å²) in [6, 6.07) is 5.82. The highest BCUT2D eigenvalue weighted by atomic mass is 16.5. The maximum atomic E-state index is 5.84. The lowest BCUT2D eigenvalue weighted by Gasteiger charge is -2.11. The first-order valence-corrected chi connectivity index (χ1v) is 6.28. The quantitative estimate of drug-likeness (QED) is 0.769. The summed E-state index contributed by atoms with van der Waals surface area (Å²) in [6.45, 7) is 8.28. The number of hydrogen-bond acceptors (Lipinski definition) is 3. The van der Waals surface area contributed by atoms with E-state index in [1.807, 2.05) is 25.1 Å². The van der Waals surface area contributed by atoms with Crippen LogP contribution in [0.4, 0.5) is 11.4 Å². The van der Waals surface area contributed by atoms with Crippen molar-refractivity contribution in [2.24, 2.45) is 11.3 Å². The van der Waals surface area contributed by atoms with Crippen LogP contribution in [-0.4, -0.2) is 13.2 Å². The molecule has 1 unspecified atom stereocenters. The smallest absolute Gasteiger partial charge is 0.123 e. The van der Waals surface area contributed by atoms with Crippen LogP contribution in [-0.2, 0) is 0 Å². The van der Waals surface area contributed by atoms with Crippen molar-refractivity contribution >= 4 is 11.4 Å². The molecule has 1 atom stereocenters. The van der Waals surface area contributed by atoms with E-state index in [2.05, 4.69) is 19.2 Å². The number of nitrogens with one attached hydrogen (secondary N) is 1. The molecule has 0 bridgehead atoms. The highest BCUT2D eigenvalue weighted by Crippen LogP contribution is 2.51. The lowest BCUT2D eigenvalue weighted by Crippen LogP contribution is -2.07. The van der Waals surface area contributed by atoms with Crippen LogP contribution in [0.3, 0.4) is 0 Å². The minimum absolute atomic E-state index is 0.510. The van der Waals surface area contributed by atoms with Gasteiger partial charge in [-0.2, -0.15) is 0 Å². The van der Waals surface area contributed by atoms with Crippen LogP contribution in [0, 0.1) is 11.3 Å². The van der Waals surface area contributed by atoms with Gasteiger partial charge in [0.2, 0.25) is 0 Å². The minimum atomic E-state index is 0.510. The first-order valence-electron chi connectivity index (χ1n) is 6.28. The zero-order valence-electron chi connectivity index (χ0n) is 10.9. The van der Waals surface area contributed by atoms with Crippen LogP contribution in [0.25, 0.3) is 0 Å². The number of benzene rings is 1. The van der Waals surface area contributed by atoms with Crippen molar-refractivity contribution in [1.29, 1.82) is 0 Å². The molecule has 1 aliphatic carbocycles. The number of hydrogen-bond donors (Lipinski definition) is 2. The molecule has 1 aromatic carbocycles. The average molecular weight is 234 g/mol. The van der Waals surface area contributed by atoms with Gasteiger partial charge in [0.25, 0.3) is 0 Å². The van der Waals surface area contributed by atoms with E-state index < -0.39 is 0 Å². The Hall–Kier alpha value is -1.38. The molecule has 1 aromatic rings. The number of anilines is 2. The fourth-order valence-corrected chi connectivity index (χ4v) is 2.14. The van der Waals surface area contributed by atoms with E-state index in [9.17, 15) is 0 Å². The van der Waals surface area contributed by atoms with E-state index in [0.29, 0.717) is 12.0 Å². The van der Waals surface area contributed by atoms with Crippen molar-refractivity contribution in [3.8, 4) is 5.75 Å². The average Bonchev–Trinajstić information content (AvgIpc) is 2.83. The van der Waals surface area contributed by atoms with Crippen LogP contribution < -0.4 is 15.8 Å². The molecule has 1 fully saturated rings. The third kappa shape index (κ3) is 3.05. The summed E-state index contributed by atoms with van der Waals surface area (Å²) in [7, 11) is 0. The van der Waals surface area contributed by atoms with Crippen molar-refractivity contribution in [1.82, 2.24) is 0 Å². The summed E-state index contributed by atoms with van der Waals surface area (Å²) >= 11 is 0. The van der Waals surface area contributed by atoms with Crippen molar-refractivity contribution in [2.45, 2.75) is 27.2 Å². The lowest BCUT2D eigenvalue weighted by atomic mass is 10.1. The monoisotopic (exact) mass is 234 g/mol. The highest BCUT2D eigenvalue weighted by molar-refractivity contribution is 5.59. The summed E-state index contributed by atoms with van der Waals surface area (Å²) in [6.07, 6.45) is 1.31. The van der Waals surface area contributed by atoms with Crippen LogP contribution in [0.2, 0.25) is 0 Å². The largest absolute Gasteiger partial charge is 0.494 e. The Bertz CT molecular complexity index is 401. The van der Waals surface area contributed by atoms with E-state index in [1.54, 1.807) is 0 Å². The van der Waals surface area contributed by atoms with Crippen molar-refractivity contribution < 1.29 is 4.74 Å². The second kappa shape index (κ2) is 4.47. The Morgan fingerprint density at radius 2 is 2.12 bits per heavy atom. The Morgan fingerprint density at radius 3 is 2.71 bits per heavy atom. The van der Waals surface area contributed by atoms with Gasteiger partial charge in [-0.15, -0.1) is 0 Å². The van der Waals surface area contributed by atoms with Crippen molar-refractivity contribution in [3.63, 3.8) is 0 Å². The number of ether oxygens (including phenoxy) is 1. The summed E-state index contributed by atoms with van der Waals surface area (Å²) < 4.78 is 5.47. The summed E-state index contributed by atoms with van der Waals surface area (Å²) in [5, 5.41) is 3.44. The molecule has 3 N–H and O–H groups in total. The minimum Gasteiger partial charge on any atom is -0.494 e. The zero-order valence-corrected chi connectivity index (χ0v) is 10.9. The van der Waals surface area contributed by atoms with Gasteiger partial charge in [0.15, 0.2) is 0 Å². The van der Waals surface area contributed by atoms with E-state index in [1.165, 1.54) is 6.42 Å². The Morgan fingerprint density at radius 1 is 1.41 bits per heavy atom. The van der Waals surface area contributed by atoms with Gasteiger partial charge in [-0.3, -0.25) is 0 Å². The van der Waals surface area contributed by atoms with Gasteiger partial charge < -0.3 is 15.8 Å². The molecular formula is C14H22N2O. The van der Waals surface area contributed by atoms with Crippen molar-refractivity contribution in [2.75, 3.05) is 24.2 Å². The molecule has 0 amide bonds. The standard InChI is InChI=1S/C14H22N2O/c1-4-17-13-6-11(15)5-12(7-13)16-9-10-8-14(10,2)3/h5-7,10,16H,4,8-9,15H2,1-3H3. The molecule has 1 aliphatic rings. The first-order chi connectivity index (χ1) is 8.01. The molecule has 0 radical (unpaired) electrons. The third-order valence-electron chi connectivity index (χ3n) is 3.51. The second-order valence-electron chi connectivity index (χ2n) is 5.49. The van der Waals surface area contributed by atoms with Crippen LogP contribution in [0.5, 0.6) is 5.75 Å². The number of rotatable bonds is 5. The fourth-order valence-electron chi connectivity index (χ4n) is 2.14. The van der Waals surface area contributed by atoms with E-state index in [4.69, 9.17) is 10.5 Å². The molecule has 2 rings (SSSR count). The van der Waals surface area contributed by atoms with E-state index >= 15 is 0 Å². The topological polar surface area (TPSA) is 47.3 Å². The molecule has 0 spiro atoms. The van der Waals surface area contributed by atoms with Crippen LogP contribution >= 0.6 is 0 Å². The van der Waals surface area contributed by atoms with Gasteiger partial charge in [-0.25, -0.2) is 0 Å². The van der Waals surface area contributed by atoms with Gasteiger partial charge in [0, 0.05) is 30.1 Å². The molecular weight excluding hydrogens is 212 g/mol. The maximum absolute atomic E-state index is 5.84. The second-order valence-corrected chi connectivity index (χ2v) is 5.49.